The maximum atomic E-state index is 12.2. The molecule has 0 saturated heterocycles. The number of carbonyl (C=O) groups excluding carboxylic acids is 1. The van der Waals surface area contributed by atoms with Gasteiger partial charge in [-0.25, -0.2) is 4.98 Å². The Morgan fingerprint density at radius 2 is 2.37 bits per heavy atom. The summed E-state index contributed by atoms with van der Waals surface area (Å²) in [6.07, 6.45) is 4.88. The molecule has 1 aliphatic carbocycles. The van der Waals surface area contributed by atoms with Crippen LogP contribution < -0.4 is 10.6 Å². The maximum absolute atomic E-state index is 12.2. The third-order valence-electron chi connectivity index (χ3n) is 3.45. The van der Waals surface area contributed by atoms with E-state index in [1.165, 1.54) is 0 Å². The predicted octanol–water partition coefficient (Wildman–Crippen LogP) is 1.81. The van der Waals surface area contributed by atoms with Gasteiger partial charge in [0, 0.05) is 25.4 Å². The number of hydrogen-bond donors (Lipinski definition) is 2. The number of hydrogen-bond acceptors (Lipinski definition) is 4. The van der Waals surface area contributed by atoms with Crippen molar-refractivity contribution in [2.24, 2.45) is 0 Å². The summed E-state index contributed by atoms with van der Waals surface area (Å²) in [5.74, 6) is 0.667. The molecule has 1 fully saturated rings. The van der Waals surface area contributed by atoms with Gasteiger partial charge in [0.25, 0.3) is 5.91 Å². The molecule has 2 unspecified atom stereocenters. The van der Waals surface area contributed by atoms with Crippen LogP contribution >= 0.6 is 0 Å². The van der Waals surface area contributed by atoms with E-state index in [0.29, 0.717) is 5.56 Å². The molecular weight excluding hydrogens is 242 g/mol. The summed E-state index contributed by atoms with van der Waals surface area (Å²) in [4.78, 5) is 16.4. The van der Waals surface area contributed by atoms with E-state index in [0.717, 1.165) is 31.6 Å². The van der Waals surface area contributed by atoms with Crippen LogP contribution in [0, 0.1) is 0 Å². The van der Waals surface area contributed by atoms with Crippen LogP contribution in [0.4, 0.5) is 5.82 Å². The summed E-state index contributed by atoms with van der Waals surface area (Å²) in [6, 6.07) is 3.62. The first-order valence-electron chi connectivity index (χ1n) is 6.78. The quantitative estimate of drug-likeness (QED) is 0.850. The summed E-state index contributed by atoms with van der Waals surface area (Å²) < 4.78 is 5.38. The van der Waals surface area contributed by atoms with Crippen LogP contribution in [0.25, 0.3) is 0 Å². The van der Waals surface area contributed by atoms with Crippen molar-refractivity contribution >= 4 is 11.7 Å². The molecule has 5 nitrogen and oxygen atoms in total. The van der Waals surface area contributed by atoms with Gasteiger partial charge >= 0.3 is 0 Å². The van der Waals surface area contributed by atoms with Gasteiger partial charge < -0.3 is 15.4 Å². The van der Waals surface area contributed by atoms with Gasteiger partial charge in [0.05, 0.1) is 12.1 Å². The second-order valence-electron chi connectivity index (χ2n) is 4.75. The fourth-order valence-corrected chi connectivity index (χ4v) is 2.47. The van der Waals surface area contributed by atoms with Gasteiger partial charge in [0.1, 0.15) is 5.82 Å². The van der Waals surface area contributed by atoms with Gasteiger partial charge in [-0.3, -0.25) is 4.79 Å². The first-order chi connectivity index (χ1) is 9.24. The highest BCUT2D eigenvalue weighted by Crippen LogP contribution is 2.22. The molecule has 0 bridgehead atoms. The first-order valence-corrected chi connectivity index (χ1v) is 6.78. The third-order valence-corrected chi connectivity index (χ3v) is 3.45. The molecule has 2 rings (SSSR count). The molecular formula is C14H21N3O2. The van der Waals surface area contributed by atoms with Crippen LogP contribution in [0.15, 0.2) is 18.3 Å². The molecule has 2 atom stereocenters. The Morgan fingerprint density at radius 3 is 3.11 bits per heavy atom. The average Bonchev–Trinajstić information content (AvgIpc) is 2.86. The van der Waals surface area contributed by atoms with Crippen LogP contribution in [-0.2, 0) is 4.74 Å². The van der Waals surface area contributed by atoms with Crippen LogP contribution in [0.2, 0.25) is 0 Å². The number of aromatic nitrogens is 1. The lowest BCUT2D eigenvalue weighted by molar-refractivity contribution is 0.0722. The summed E-state index contributed by atoms with van der Waals surface area (Å²) >= 11 is 0. The molecule has 1 aliphatic rings. The van der Waals surface area contributed by atoms with Gasteiger partial charge in [-0.1, -0.05) is 0 Å². The largest absolute Gasteiger partial charge is 0.379 e. The Kier molecular flexibility index (Phi) is 4.74. The molecule has 19 heavy (non-hydrogen) atoms. The highest BCUT2D eigenvalue weighted by molar-refractivity contribution is 5.95. The lowest BCUT2D eigenvalue weighted by Gasteiger charge is -2.19. The molecule has 0 aromatic carbocycles. The monoisotopic (exact) mass is 263 g/mol. The molecule has 1 heterocycles. The van der Waals surface area contributed by atoms with Gasteiger partial charge in [-0.05, 0) is 38.3 Å². The van der Waals surface area contributed by atoms with Crippen molar-refractivity contribution in [3.8, 4) is 0 Å². The number of pyridine rings is 1. The number of methoxy groups -OCH3 is 1. The minimum Gasteiger partial charge on any atom is -0.379 e. The molecule has 0 spiro atoms. The van der Waals surface area contributed by atoms with Crippen molar-refractivity contribution < 1.29 is 9.53 Å². The van der Waals surface area contributed by atoms with E-state index >= 15 is 0 Å². The fraction of sp³-hybridized carbons (Fsp3) is 0.571. The van der Waals surface area contributed by atoms with E-state index in [4.69, 9.17) is 4.74 Å². The Morgan fingerprint density at radius 1 is 1.53 bits per heavy atom. The lowest BCUT2D eigenvalue weighted by atomic mass is 10.2. The molecule has 1 saturated carbocycles. The van der Waals surface area contributed by atoms with E-state index in [1.807, 2.05) is 6.92 Å². The van der Waals surface area contributed by atoms with Gasteiger partial charge in [0.15, 0.2) is 0 Å². The van der Waals surface area contributed by atoms with Crippen molar-refractivity contribution in [3.05, 3.63) is 23.9 Å². The van der Waals surface area contributed by atoms with Crippen molar-refractivity contribution in [1.29, 1.82) is 0 Å². The van der Waals surface area contributed by atoms with E-state index in [9.17, 15) is 4.79 Å². The maximum Gasteiger partial charge on any atom is 0.251 e. The second kappa shape index (κ2) is 6.52. The Bertz CT molecular complexity index is 436. The lowest BCUT2D eigenvalue weighted by Crippen LogP contribution is -2.40. The van der Waals surface area contributed by atoms with E-state index in [-0.39, 0.29) is 18.1 Å². The van der Waals surface area contributed by atoms with E-state index in [2.05, 4.69) is 15.6 Å². The molecule has 1 aromatic heterocycles. The Balaban J connectivity index is 2.01. The molecule has 0 radical (unpaired) electrons. The number of amides is 1. The number of nitrogens with one attached hydrogen (secondary N) is 2. The average molecular weight is 263 g/mol. The zero-order valence-electron chi connectivity index (χ0n) is 11.5. The smallest absolute Gasteiger partial charge is 0.251 e. The summed E-state index contributed by atoms with van der Waals surface area (Å²) in [6.45, 7) is 2.78. The normalized spacial score (nSPS) is 22.2. The first kappa shape index (κ1) is 13.8. The number of anilines is 1. The standard InChI is InChI=1S/C14H21N3O2/c1-3-15-13-9-10(7-8-16-13)14(18)17-11-5-4-6-12(11)19-2/h7-9,11-12H,3-6H2,1-2H3,(H,15,16)(H,17,18). The highest BCUT2D eigenvalue weighted by Gasteiger charge is 2.28. The number of carbonyl (C=O) groups is 1. The van der Waals surface area contributed by atoms with Gasteiger partial charge in [0.2, 0.25) is 0 Å². The second-order valence-corrected chi connectivity index (χ2v) is 4.75. The van der Waals surface area contributed by atoms with Crippen molar-refractivity contribution in [2.75, 3.05) is 19.0 Å². The molecule has 1 amide bonds. The molecule has 104 valence electrons. The minimum absolute atomic E-state index is 0.0597. The summed E-state index contributed by atoms with van der Waals surface area (Å²) in [7, 11) is 1.70. The van der Waals surface area contributed by atoms with E-state index < -0.39 is 0 Å². The van der Waals surface area contributed by atoms with Crippen molar-refractivity contribution in [3.63, 3.8) is 0 Å². The van der Waals surface area contributed by atoms with Crippen LogP contribution in [-0.4, -0.2) is 36.7 Å². The minimum atomic E-state index is -0.0597. The summed E-state index contributed by atoms with van der Waals surface area (Å²) in [5.41, 5.74) is 0.632. The van der Waals surface area contributed by atoms with Crippen LogP contribution in [0.3, 0.4) is 0 Å². The highest BCUT2D eigenvalue weighted by atomic mass is 16.5. The topological polar surface area (TPSA) is 63.2 Å². The van der Waals surface area contributed by atoms with Crippen LogP contribution in [0.5, 0.6) is 0 Å². The van der Waals surface area contributed by atoms with Gasteiger partial charge in [-0.15, -0.1) is 0 Å². The number of ether oxygens (including phenoxy) is 1. The molecule has 2 N–H and O–H groups in total. The van der Waals surface area contributed by atoms with Gasteiger partial charge in [-0.2, -0.15) is 0 Å². The van der Waals surface area contributed by atoms with Crippen molar-refractivity contribution in [2.45, 2.75) is 38.3 Å². The SMILES string of the molecule is CCNc1cc(C(=O)NC2CCCC2OC)ccn1. The molecule has 5 heteroatoms. The van der Waals surface area contributed by atoms with Crippen LogP contribution in [0.1, 0.15) is 36.5 Å². The molecule has 0 aliphatic heterocycles. The zero-order chi connectivity index (χ0) is 13.7. The zero-order valence-corrected chi connectivity index (χ0v) is 11.5. The summed E-state index contributed by atoms with van der Waals surface area (Å²) in [5, 5.41) is 6.15. The third kappa shape index (κ3) is 3.44. The Labute approximate surface area is 113 Å². The van der Waals surface area contributed by atoms with Crippen molar-refractivity contribution in [1.82, 2.24) is 10.3 Å². The fourth-order valence-electron chi connectivity index (χ4n) is 2.47. The number of nitrogens with zero attached hydrogens (tertiary/aromatic N) is 1. The number of rotatable bonds is 5. The molecule has 1 aromatic rings. The van der Waals surface area contributed by atoms with E-state index in [1.54, 1.807) is 25.4 Å². The predicted molar refractivity (Wildman–Crippen MR) is 74.3 cm³/mol. The Hall–Kier alpha value is -1.62.